The van der Waals surface area contributed by atoms with Crippen molar-refractivity contribution in [3.63, 3.8) is 0 Å². The van der Waals surface area contributed by atoms with Gasteiger partial charge in [-0.25, -0.2) is 4.98 Å². The lowest BCUT2D eigenvalue weighted by atomic mass is 9.95. The molecule has 0 unspecified atom stereocenters. The van der Waals surface area contributed by atoms with Crippen LogP contribution < -0.4 is 10.6 Å². The Labute approximate surface area is 126 Å². The molecule has 2 aromatic rings. The van der Waals surface area contributed by atoms with E-state index < -0.39 is 0 Å². The average molecular weight is 285 g/mol. The molecule has 112 valence electrons. The van der Waals surface area contributed by atoms with E-state index in [0.29, 0.717) is 5.69 Å². The number of carbonyl (C=O) groups is 1. The number of carbonyl (C=O) groups excluding carboxylic acids is 1. The summed E-state index contributed by atoms with van der Waals surface area (Å²) in [6, 6.07) is 9.77. The lowest BCUT2D eigenvalue weighted by Gasteiger charge is -2.28. The molecule has 21 heavy (non-hydrogen) atoms. The Hall–Kier alpha value is -2.10. The second-order valence-electron chi connectivity index (χ2n) is 5.55. The molecule has 0 bridgehead atoms. The van der Waals surface area contributed by atoms with Gasteiger partial charge in [-0.2, -0.15) is 0 Å². The molecule has 1 amide bonds. The first-order valence-corrected chi connectivity index (χ1v) is 7.43. The minimum absolute atomic E-state index is 0.122. The van der Waals surface area contributed by atoms with Crippen LogP contribution in [0, 0.1) is 0 Å². The third-order valence-corrected chi connectivity index (χ3v) is 4.19. The van der Waals surface area contributed by atoms with Crippen molar-refractivity contribution >= 4 is 22.5 Å². The molecule has 0 aliphatic heterocycles. The van der Waals surface area contributed by atoms with Crippen LogP contribution in [-0.2, 0) is 0 Å². The average Bonchev–Trinajstić information content (AvgIpc) is 2.53. The molecule has 0 aliphatic carbocycles. The van der Waals surface area contributed by atoms with Crippen LogP contribution in [-0.4, -0.2) is 23.5 Å². The highest BCUT2D eigenvalue weighted by Crippen LogP contribution is 2.23. The van der Waals surface area contributed by atoms with Crippen molar-refractivity contribution in [1.82, 2.24) is 10.3 Å². The van der Waals surface area contributed by atoms with Crippen molar-refractivity contribution in [2.45, 2.75) is 39.2 Å². The molecular weight excluding hydrogens is 262 g/mol. The normalized spacial score (nSPS) is 11.4. The van der Waals surface area contributed by atoms with Crippen LogP contribution in [0.4, 0.5) is 5.82 Å². The number of pyridine rings is 1. The van der Waals surface area contributed by atoms with E-state index >= 15 is 0 Å². The first-order chi connectivity index (χ1) is 10.0. The van der Waals surface area contributed by atoms with E-state index in [9.17, 15) is 4.79 Å². The standard InChI is InChI=1S/C17H23N3O/c1-5-17(3,6-2)20-16(21)14-11-12-9-7-8-10-13(12)15(18-4)19-14/h7-11H,5-6H2,1-4H3,(H,18,19)(H,20,21). The summed E-state index contributed by atoms with van der Waals surface area (Å²) in [7, 11) is 1.82. The van der Waals surface area contributed by atoms with E-state index in [0.717, 1.165) is 29.4 Å². The Morgan fingerprint density at radius 1 is 1.24 bits per heavy atom. The molecule has 0 saturated carbocycles. The first-order valence-electron chi connectivity index (χ1n) is 7.43. The Morgan fingerprint density at radius 2 is 1.90 bits per heavy atom. The lowest BCUT2D eigenvalue weighted by Crippen LogP contribution is -2.45. The number of amides is 1. The highest BCUT2D eigenvalue weighted by Gasteiger charge is 2.23. The molecular formula is C17H23N3O. The summed E-state index contributed by atoms with van der Waals surface area (Å²) in [5, 5.41) is 8.19. The number of aromatic nitrogens is 1. The highest BCUT2D eigenvalue weighted by molar-refractivity contribution is 6.00. The lowest BCUT2D eigenvalue weighted by molar-refractivity contribution is 0.0896. The third-order valence-electron chi connectivity index (χ3n) is 4.19. The van der Waals surface area contributed by atoms with E-state index in [1.165, 1.54) is 0 Å². The summed E-state index contributed by atoms with van der Waals surface area (Å²) < 4.78 is 0. The number of hydrogen-bond donors (Lipinski definition) is 2. The van der Waals surface area contributed by atoms with Gasteiger partial charge in [0.2, 0.25) is 0 Å². The number of hydrogen-bond acceptors (Lipinski definition) is 3. The number of benzene rings is 1. The van der Waals surface area contributed by atoms with Gasteiger partial charge in [0.25, 0.3) is 5.91 Å². The molecule has 0 aliphatic rings. The molecule has 4 heteroatoms. The van der Waals surface area contributed by atoms with Crippen molar-refractivity contribution in [2.75, 3.05) is 12.4 Å². The largest absolute Gasteiger partial charge is 0.373 e. The maximum Gasteiger partial charge on any atom is 0.270 e. The minimum Gasteiger partial charge on any atom is -0.373 e. The van der Waals surface area contributed by atoms with Gasteiger partial charge in [-0.15, -0.1) is 0 Å². The number of rotatable bonds is 5. The fourth-order valence-electron chi connectivity index (χ4n) is 2.27. The molecule has 0 radical (unpaired) electrons. The van der Waals surface area contributed by atoms with E-state index in [4.69, 9.17) is 0 Å². The maximum atomic E-state index is 12.5. The van der Waals surface area contributed by atoms with Crippen LogP contribution >= 0.6 is 0 Å². The summed E-state index contributed by atoms with van der Waals surface area (Å²) in [6.45, 7) is 6.22. The Morgan fingerprint density at radius 3 is 2.52 bits per heavy atom. The zero-order valence-electron chi connectivity index (χ0n) is 13.2. The van der Waals surface area contributed by atoms with E-state index in [1.807, 2.05) is 37.4 Å². The van der Waals surface area contributed by atoms with Crippen molar-refractivity contribution < 1.29 is 4.79 Å². The van der Waals surface area contributed by atoms with E-state index in [1.54, 1.807) is 0 Å². The van der Waals surface area contributed by atoms with Gasteiger partial charge in [-0.05, 0) is 31.2 Å². The summed E-state index contributed by atoms with van der Waals surface area (Å²) in [5.41, 5.74) is 0.260. The second-order valence-corrected chi connectivity index (χ2v) is 5.55. The number of nitrogens with one attached hydrogen (secondary N) is 2. The van der Waals surface area contributed by atoms with E-state index in [2.05, 4.69) is 36.4 Å². The second kappa shape index (κ2) is 6.12. The smallest absolute Gasteiger partial charge is 0.270 e. The molecule has 0 saturated heterocycles. The van der Waals surface area contributed by atoms with Gasteiger partial charge in [0, 0.05) is 18.0 Å². The summed E-state index contributed by atoms with van der Waals surface area (Å²) in [6.07, 6.45) is 1.78. The molecule has 2 N–H and O–H groups in total. The van der Waals surface area contributed by atoms with Crippen molar-refractivity contribution in [1.29, 1.82) is 0 Å². The van der Waals surface area contributed by atoms with Crippen molar-refractivity contribution in [3.05, 3.63) is 36.0 Å². The molecule has 4 nitrogen and oxygen atoms in total. The van der Waals surface area contributed by atoms with Gasteiger partial charge < -0.3 is 10.6 Å². The molecule has 0 spiro atoms. The SMILES string of the molecule is CCC(C)(CC)NC(=O)c1cc2ccccc2c(NC)n1. The van der Waals surface area contributed by atoms with Gasteiger partial charge in [-0.1, -0.05) is 38.1 Å². The van der Waals surface area contributed by atoms with E-state index in [-0.39, 0.29) is 11.4 Å². The maximum absolute atomic E-state index is 12.5. The van der Waals surface area contributed by atoms with Crippen LogP contribution in [0.2, 0.25) is 0 Å². The molecule has 1 heterocycles. The van der Waals surface area contributed by atoms with Crippen LogP contribution in [0.3, 0.4) is 0 Å². The molecule has 1 aromatic heterocycles. The fraction of sp³-hybridized carbons (Fsp3) is 0.412. The van der Waals surface area contributed by atoms with Gasteiger partial charge in [0.1, 0.15) is 11.5 Å². The fourth-order valence-corrected chi connectivity index (χ4v) is 2.27. The molecule has 2 rings (SSSR count). The number of anilines is 1. The molecule has 1 aromatic carbocycles. The van der Waals surface area contributed by atoms with Crippen LogP contribution in [0.1, 0.15) is 44.1 Å². The van der Waals surface area contributed by atoms with Gasteiger partial charge >= 0.3 is 0 Å². The highest BCUT2D eigenvalue weighted by atomic mass is 16.2. The zero-order valence-corrected chi connectivity index (χ0v) is 13.2. The Bertz CT molecular complexity index is 648. The summed E-state index contributed by atoms with van der Waals surface area (Å²) in [4.78, 5) is 16.9. The van der Waals surface area contributed by atoms with Crippen LogP contribution in [0.25, 0.3) is 10.8 Å². The predicted molar refractivity (Wildman–Crippen MR) is 87.7 cm³/mol. The minimum atomic E-state index is -0.190. The van der Waals surface area contributed by atoms with Crippen LogP contribution in [0.5, 0.6) is 0 Å². The topological polar surface area (TPSA) is 54.0 Å². The van der Waals surface area contributed by atoms with Gasteiger partial charge in [0.05, 0.1) is 0 Å². The van der Waals surface area contributed by atoms with Crippen molar-refractivity contribution in [3.8, 4) is 0 Å². The third kappa shape index (κ3) is 3.15. The Kier molecular flexibility index (Phi) is 4.46. The quantitative estimate of drug-likeness (QED) is 0.882. The summed E-state index contributed by atoms with van der Waals surface area (Å²) in [5.74, 6) is 0.608. The summed E-state index contributed by atoms with van der Waals surface area (Å²) >= 11 is 0. The number of nitrogens with zero attached hydrogens (tertiary/aromatic N) is 1. The molecule has 0 fully saturated rings. The monoisotopic (exact) mass is 285 g/mol. The zero-order chi connectivity index (χ0) is 15.5. The van der Waals surface area contributed by atoms with Gasteiger partial charge in [-0.3, -0.25) is 4.79 Å². The predicted octanol–water partition coefficient (Wildman–Crippen LogP) is 3.59. The number of fused-ring (bicyclic) bond motifs is 1. The van der Waals surface area contributed by atoms with Crippen LogP contribution in [0.15, 0.2) is 30.3 Å². The molecule has 0 atom stereocenters. The first kappa shape index (κ1) is 15.3. The van der Waals surface area contributed by atoms with Gasteiger partial charge in [0.15, 0.2) is 0 Å². The van der Waals surface area contributed by atoms with Crippen molar-refractivity contribution in [2.24, 2.45) is 0 Å². The Balaban J connectivity index is 2.40.